The molecule has 0 aliphatic heterocycles. The lowest BCUT2D eigenvalue weighted by Crippen LogP contribution is -2.49. The van der Waals surface area contributed by atoms with E-state index in [2.05, 4.69) is 57.3 Å². The molecule has 0 aliphatic carbocycles. The van der Waals surface area contributed by atoms with Crippen LogP contribution in [0.3, 0.4) is 0 Å². The van der Waals surface area contributed by atoms with Gasteiger partial charge in [0.2, 0.25) is 0 Å². The number of nitrogens with one attached hydrogen (secondary N) is 1. The minimum atomic E-state index is -0.176. The van der Waals surface area contributed by atoms with Crippen molar-refractivity contribution in [2.75, 3.05) is 12.4 Å². The van der Waals surface area contributed by atoms with E-state index in [1.807, 2.05) is 11.8 Å². The summed E-state index contributed by atoms with van der Waals surface area (Å²) < 4.78 is 0. The second kappa shape index (κ2) is 7.17. The van der Waals surface area contributed by atoms with Gasteiger partial charge in [-0.25, -0.2) is 0 Å². The highest BCUT2D eigenvalue weighted by atomic mass is 32.2. The Morgan fingerprint density at radius 1 is 1.39 bits per heavy atom. The van der Waals surface area contributed by atoms with Gasteiger partial charge in [-0.2, -0.15) is 0 Å². The molecule has 1 aromatic carbocycles. The molecule has 0 aromatic heterocycles. The summed E-state index contributed by atoms with van der Waals surface area (Å²) in [6.45, 7) is 8.61. The van der Waals surface area contributed by atoms with Gasteiger partial charge in [0.15, 0.2) is 0 Å². The van der Waals surface area contributed by atoms with Crippen LogP contribution in [-0.4, -0.2) is 29.0 Å². The number of hydrogen-bond acceptors (Lipinski definition) is 3. The van der Waals surface area contributed by atoms with Crippen LogP contribution in [0.1, 0.15) is 32.8 Å². The van der Waals surface area contributed by atoms with Crippen molar-refractivity contribution in [1.29, 1.82) is 0 Å². The van der Waals surface area contributed by atoms with Gasteiger partial charge in [0.05, 0.1) is 6.61 Å². The fourth-order valence-electron chi connectivity index (χ4n) is 1.99. The summed E-state index contributed by atoms with van der Waals surface area (Å²) in [6.07, 6.45) is 0.959. The third-order valence-corrected chi connectivity index (χ3v) is 3.89. The second-order valence-electron chi connectivity index (χ2n) is 5.43. The third kappa shape index (κ3) is 5.42. The first-order chi connectivity index (χ1) is 8.45. The number of aryl methyl sites for hydroxylation is 1. The molecular formula is C15H25NOS. The Hall–Kier alpha value is -0.510. The standard InChI is InChI=1S/C15H25NOS/c1-12(2)16-15(4,11-17)8-9-18-14-7-5-6-13(3)10-14/h5-7,10,12,16-17H,8-9,11H2,1-4H3. The molecule has 0 spiro atoms. The summed E-state index contributed by atoms with van der Waals surface area (Å²) in [5.74, 6) is 1.01. The molecule has 0 saturated carbocycles. The fourth-order valence-corrected chi connectivity index (χ4v) is 3.23. The monoisotopic (exact) mass is 267 g/mol. The van der Waals surface area contributed by atoms with Crippen molar-refractivity contribution in [3.8, 4) is 0 Å². The quantitative estimate of drug-likeness (QED) is 0.744. The van der Waals surface area contributed by atoms with Crippen LogP contribution in [0.25, 0.3) is 0 Å². The van der Waals surface area contributed by atoms with Crippen molar-refractivity contribution in [1.82, 2.24) is 5.32 Å². The van der Waals surface area contributed by atoms with Gasteiger partial charge in [-0.1, -0.05) is 31.5 Å². The number of aliphatic hydroxyl groups is 1. The molecule has 0 saturated heterocycles. The summed E-state index contributed by atoms with van der Waals surface area (Å²) in [6, 6.07) is 8.95. The molecule has 1 unspecified atom stereocenters. The highest BCUT2D eigenvalue weighted by Gasteiger charge is 2.23. The normalized spacial score (nSPS) is 14.8. The van der Waals surface area contributed by atoms with E-state index in [1.165, 1.54) is 10.5 Å². The topological polar surface area (TPSA) is 32.3 Å². The largest absolute Gasteiger partial charge is 0.394 e. The first-order valence-corrected chi connectivity index (χ1v) is 7.52. The van der Waals surface area contributed by atoms with Gasteiger partial charge in [-0.3, -0.25) is 0 Å². The Balaban J connectivity index is 2.44. The van der Waals surface area contributed by atoms with Crippen molar-refractivity contribution in [3.05, 3.63) is 29.8 Å². The molecule has 18 heavy (non-hydrogen) atoms. The molecule has 0 aliphatic rings. The van der Waals surface area contributed by atoms with Crippen LogP contribution in [0.4, 0.5) is 0 Å². The molecule has 0 fully saturated rings. The Bertz CT molecular complexity index is 367. The summed E-state index contributed by atoms with van der Waals surface area (Å²) in [5.41, 5.74) is 1.12. The lowest BCUT2D eigenvalue weighted by atomic mass is 9.99. The zero-order valence-corrected chi connectivity index (χ0v) is 12.7. The lowest BCUT2D eigenvalue weighted by molar-refractivity contribution is 0.162. The molecule has 3 heteroatoms. The summed E-state index contributed by atoms with van der Waals surface area (Å²) in [7, 11) is 0. The molecule has 0 amide bonds. The van der Waals surface area contributed by atoms with Crippen molar-refractivity contribution in [3.63, 3.8) is 0 Å². The summed E-state index contributed by atoms with van der Waals surface area (Å²) in [5, 5.41) is 12.9. The highest BCUT2D eigenvalue weighted by molar-refractivity contribution is 7.99. The summed E-state index contributed by atoms with van der Waals surface area (Å²) >= 11 is 1.85. The minimum Gasteiger partial charge on any atom is -0.394 e. The van der Waals surface area contributed by atoms with Crippen LogP contribution >= 0.6 is 11.8 Å². The molecule has 102 valence electrons. The van der Waals surface area contributed by atoms with E-state index in [0.29, 0.717) is 6.04 Å². The summed E-state index contributed by atoms with van der Waals surface area (Å²) in [4.78, 5) is 1.31. The maximum Gasteiger partial charge on any atom is 0.0610 e. The lowest BCUT2D eigenvalue weighted by Gasteiger charge is -2.31. The fraction of sp³-hybridized carbons (Fsp3) is 0.600. The van der Waals surface area contributed by atoms with Crippen molar-refractivity contribution < 1.29 is 5.11 Å². The van der Waals surface area contributed by atoms with Crippen LogP contribution < -0.4 is 5.32 Å². The van der Waals surface area contributed by atoms with E-state index in [9.17, 15) is 5.11 Å². The predicted molar refractivity (Wildman–Crippen MR) is 80.3 cm³/mol. The van der Waals surface area contributed by atoms with Gasteiger partial charge in [0, 0.05) is 16.5 Å². The van der Waals surface area contributed by atoms with Gasteiger partial charge >= 0.3 is 0 Å². The highest BCUT2D eigenvalue weighted by Crippen LogP contribution is 2.22. The minimum absolute atomic E-state index is 0.176. The molecule has 0 radical (unpaired) electrons. The van der Waals surface area contributed by atoms with E-state index >= 15 is 0 Å². The number of thioether (sulfide) groups is 1. The van der Waals surface area contributed by atoms with Gasteiger partial charge in [0.25, 0.3) is 0 Å². The Labute approximate surface area is 115 Å². The van der Waals surface area contributed by atoms with Crippen LogP contribution in [-0.2, 0) is 0 Å². The Morgan fingerprint density at radius 3 is 2.67 bits per heavy atom. The second-order valence-corrected chi connectivity index (χ2v) is 6.60. The Morgan fingerprint density at radius 2 is 2.11 bits per heavy atom. The van der Waals surface area contributed by atoms with E-state index in [1.54, 1.807) is 0 Å². The van der Waals surface area contributed by atoms with Crippen LogP contribution in [0.5, 0.6) is 0 Å². The number of hydrogen-bond donors (Lipinski definition) is 2. The number of rotatable bonds is 7. The van der Waals surface area contributed by atoms with Crippen molar-refractivity contribution in [2.45, 2.75) is 50.6 Å². The SMILES string of the molecule is Cc1cccc(SCCC(C)(CO)NC(C)C)c1. The molecule has 0 bridgehead atoms. The molecule has 1 rings (SSSR count). The van der Waals surface area contributed by atoms with Gasteiger partial charge in [0.1, 0.15) is 0 Å². The predicted octanol–water partition coefficient (Wildman–Crippen LogP) is 3.23. The molecule has 2 N–H and O–H groups in total. The van der Waals surface area contributed by atoms with Crippen LogP contribution in [0.15, 0.2) is 29.2 Å². The van der Waals surface area contributed by atoms with E-state index in [-0.39, 0.29) is 12.1 Å². The third-order valence-electron chi connectivity index (χ3n) is 2.90. The van der Waals surface area contributed by atoms with Crippen molar-refractivity contribution >= 4 is 11.8 Å². The number of benzene rings is 1. The molecule has 0 heterocycles. The first kappa shape index (κ1) is 15.5. The zero-order valence-electron chi connectivity index (χ0n) is 11.9. The maximum absolute atomic E-state index is 9.50. The van der Waals surface area contributed by atoms with Crippen LogP contribution in [0.2, 0.25) is 0 Å². The Kier molecular flexibility index (Phi) is 6.19. The molecule has 1 aromatic rings. The maximum atomic E-state index is 9.50. The first-order valence-electron chi connectivity index (χ1n) is 6.53. The average Bonchev–Trinajstić information content (AvgIpc) is 2.28. The average molecular weight is 267 g/mol. The van der Waals surface area contributed by atoms with Crippen molar-refractivity contribution in [2.24, 2.45) is 0 Å². The molecular weight excluding hydrogens is 242 g/mol. The van der Waals surface area contributed by atoms with E-state index in [4.69, 9.17) is 0 Å². The van der Waals surface area contributed by atoms with E-state index < -0.39 is 0 Å². The van der Waals surface area contributed by atoms with E-state index in [0.717, 1.165) is 12.2 Å². The van der Waals surface area contributed by atoms with Crippen LogP contribution in [0, 0.1) is 6.92 Å². The zero-order chi connectivity index (χ0) is 13.6. The molecule has 1 atom stereocenters. The van der Waals surface area contributed by atoms with Gasteiger partial charge in [-0.05, 0) is 38.2 Å². The number of aliphatic hydroxyl groups excluding tert-OH is 1. The molecule has 2 nitrogen and oxygen atoms in total. The van der Waals surface area contributed by atoms with Gasteiger partial charge < -0.3 is 10.4 Å². The smallest absolute Gasteiger partial charge is 0.0610 e. The van der Waals surface area contributed by atoms with Gasteiger partial charge in [-0.15, -0.1) is 11.8 Å².